The lowest BCUT2D eigenvalue weighted by Gasteiger charge is -2.37. The quantitative estimate of drug-likeness (QED) is 0.774. The number of aromatic amines is 1. The summed E-state index contributed by atoms with van der Waals surface area (Å²) in [5.74, 6) is 0.466. The molecule has 0 spiro atoms. The van der Waals surface area contributed by atoms with Crippen LogP contribution in [0.3, 0.4) is 0 Å². The summed E-state index contributed by atoms with van der Waals surface area (Å²) in [7, 11) is 3.26. The fraction of sp³-hybridized carbons (Fsp3) is 0.250. The normalized spacial score (nSPS) is 18.4. The molecule has 25 heavy (non-hydrogen) atoms. The van der Waals surface area contributed by atoms with Gasteiger partial charge in [-0.1, -0.05) is 12.1 Å². The Labute approximate surface area is 145 Å². The minimum absolute atomic E-state index is 0.126. The zero-order valence-corrected chi connectivity index (χ0v) is 14.6. The number of hydrogen-bond acceptors (Lipinski definition) is 4. The SMILES string of the molecule is COc1cccc2c1-c1ccc3[nH]c(=O)cc(C)c3c1C(C)(OC)O2. The van der Waals surface area contributed by atoms with Gasteiger partial charge in [0.2, 0.25) is 11.3 Å². The van der Waals surface area contributed by atoms with Crippen LogP contribution in [-0.2, 0) is 10.5 Å². The van der Waals surface area contributed by atoms with E-state index in [-0.39, 0.29) is 5.56 Å². The first-order chi connectivity index (χ1) is 12.0. The third kappa shape index (κ3) is 2.16. The molecular weight excluding hydrogens is 318 g/mol. The standard InChI is InChI=1S/C20H19NO4/c1-11-10-16(22)21-13-9-8-12-18-14(23-3)6-5-7-15(18)25-20(2,24-4)19(12)17(11)13/h5-10H,1-4H3,(H,21,22). The second kappa shape index (κ2) is 5.36. The summed E-state index contributed by atoms with van der Waals surface area (Å²) >= 11 is 0. The second-order valence-electron chi connectivity index (χ2n) is 6.31. The molecule has 1 N–H and O–H groups in total. The Morgan fingerprint density at radius 2 is 1.96 bits per heavy atom. The highest BCUT2D eigenvalue weighted by molar-refractivity contribution is 5.95. The predicted molar refractivity (Wildman–Crippen MR) is 96.3 cm³/mol. The van der Waals surface area contributed by atoms with Gasteiger partial charge < -0.3 is 19.2 Å². The highest BCUT2D eigenvalue weighted by Gasteiger charge is 2.40. The molecule has 5 nitrogen and oxygen atoms in total. The zero-order valence-electron chi connectivity index (χ0n) is 14.6. The summed E-state index contributed by atoms with van der Waals surface area (Å²) in [6, 6.07) is 11.2. The third-order valence-corrected chi connectivity index (χ3v) is 4.83. The van der Waals surface area contributed by atoms with Crippen molar-refractivity contribution in [1.82, 2.24) is 4.98 Å². The molecule has 0 radical (unpaired) electrons. The van der Waals surface area contributed by atoms with Crippen LogP contribution in [0, 0.1) is 6.92 Å². The number of methoxy groups -OCH3 is 2. The number of pyridine rings is 1. The first-order valence-corrected chi connectivity index (χ1v) is 8.07. The minimum atomic E-state index is -0.975. The summed E-state index contributed by atoms with van der Waals surface area (Å²) in [6.07, 6.45) is 0. The highest BCUT2D eigenvalue weighted by atomic mass is 16.7. The van der Waals surface area contributed by atoms with Crippen molar-refractivity contribution in [2.24, 2.45) is 0 Å². The van der Waals surface area contributed by atoms with Crippen LogP contribution in [0.2, 0.25) is 0 Å². The van der Waals surface area contributed by atoms with Crippen LogP contribution in [0.5, 0.6) is 11.5 Å². The van der Waals surface area contributed by atoms with Crippen LogP contribution >= 0.6 is 0 Å². The summed E-state index contributed by atoms with van der Waals surface area (Å²) in [4.78, 5) is 14.8. The molecular formula is C20H19NO4. The van der Waals surface area contributed by atoms with Crippen LogP contribution in [0.1, 0.15) is 18.1 Å². The highest BCUT2D eigenvalue weighted by Crippen LogP contribution is 2.51. The van der Waals surface area contributed by atoms with Crippen LogP contribution < -0.4 is 15.0 Å². The molecule has 0 saturated carbocycles. The Kier molecular flexibility index (Phi) is 3.37. The number of H-pyrrole nitrogens is 1. The lowest BCUT2D eigenvalue weighted by molar-refractivity contribution is -0.157. The van der Waals surface area contributed by atoms with Gasteiger partial charge in [-0.15, -0.1) is 0 Å². The predicted octanol–water partition coefficient (Wildman–Crippen LogP) is 3.72. The fourth-order valence-corrected chi connectivity index (χ4v) is 3.67. The third-order valence-electron chi connectivity index (χ3n) is 4.83. The van der Waals surface area contributed by atoms with Gasteiger partial charge in [0.1, 0.15) is 11.5 Å². The van der Waals surface area contributed by atoms with Crippen LogP contribution in [0.25, 0.3) is 22.0 Å². The number of nitrogens with one attached hydrogen (secondary N) is 1. The Hall–Kier alpha value is -2.79. The van der Waals surface area contributed by atoms with Crippen LogP contribution in [-0.4, -0.2) is 19.2 Å². The smallest absolute Gasteiger partial charge is 0.248 e. The maximum absolute atomic E-state index is 11.9. The molecule has 0 fully saturated rings. The summed E-state index contributed by atoms with van der Waals surface area (Å²) in [5.41, 5.74) is 4.26. The summed E-state index contributed by atoms with van der Waals surface area (Å²) < 4.78 is 17.6. The van der Waals surface area contributed by atoms with Gasteiger partial charge in [-0.05, 0) is 36.2 Å². The van der Waals surface area contributed by atoms with E-state index in [4.69, 9.17) is 14.2 Å². The van der Waals surface area contributed by atoms with Crippen LogP contribution in [0.15, 0.2) is 41.2 Å². The Balaban J connectivity index is 2.20. The fourth-order valence-electron chi connectivity index (χ4n) is 3.67. The Bertz CT molecular complexity index is 1050. The first kappa shape index (κ1) is 15.7. The van der Waals surface area contributed by atoms with Crippen molar-refractivity contribution in [2.45, 2.75) is 19.6 Å². The van der Waals surface area contributed by atoms with E-state index in [1.165, 1.54) is 0 Å². The molecule has 0 bridgehead atoms. The van der Waals surface area contributed by atoms with Crippen molar-refractivity contribution in [3.05, 3.63) is 57.9 Å². The van der Waals surface area contributed by atoms with E-state index >= 15 is 0 Å². The van der Waals surface area contributed by atoms with E-state index in [2.05, 4.69) is 4.98 Å². The van der Waals surface area contributed by atoms with Gasteiger partial charge in [0, 0.05) is 36.6 Å². The van der Waals surface area contributed by atoms with Crippen molar-refractivity contribution in [2.75, 3.05) is 14.2 Å². The van der Waals surface area contributed by atoms with E-state index in [1.54, 1.807) is 20.3 Å². The van der Waals surface area contributed by atoms with E-state index in [0.717, 1.165) is 38.9 Å². The van der Waals surface area contributed by atoms with Gasteiger partial charge >= 0.3 is 0 Å². The second-order valence-corrected chi connectivity index (χ2v) is 6.31. The molecule has 0 aliphatic carbocycles. The largest absolute Gasteiger partial charge is 0.496 e. The van der Waals surface area contributed by atoms with Crippen molar-refractivity contribution in [3.8, 4) is 22.6 Å². The molecule has 1 aromatic heterocycles. The average Bonchev–Trinajstić information content (AvgIpc) is 2.60. The summed E-state index contributed by atoms with van der Waals surface area (Å²) in [5, 5.41) is 0.929. The first-order valence-electron chi connectivity index (χ1n) is 8.07. The topological polar surface area (TPSA) is 60.6 Å². The molecule has 2 heterocycles. The molecule has 4 rings (SSSR count). The molecule has 1 atom stereocenters. The van der Waals surface area contributed by atoms with E-state index in [9.17, 15) is 4.79 Å². The molecule has 1 aliphatic rings. The van der Waals surface area contributed by atoms with Gasteiger partial charge in [-0.25, -0.2) is 0 Å². The number of fused-ring (bicyclic) bond motifs is 5. The number of benzene rings is 2. The molecule has 1 aliphatic heterocycles. The zero-order chi connectivity index (χ0) is 17.8. The van der Waals surface area contributed by atoms with Gasteiger partial charge in [0.05, 0.1) is 12.7 Å². The molecule has 5 heteroatoms. The lowest BCUT2D eigenvalue weighted by Crippen LogP contribution is -2.35. The molecule has 128 valence electrons. The number of aryl methyl sites for hydroxylation is 1. The maximum Gasteiger partial charge on any atom is 0.248 e. The van der Waals surface area contributed by atoms with E-state index < -0.39 is 5.79 Å². The van der Waals surface area contributed by atoms with Crippen LogP contribution in [0.4, 0.5) is 0 Å². The van der Waals surface area contributed by atoms with Gasteiger partial charge in [-0.2, -0.15) is 0 Å². The Morgan fingerprint density at radius 1 is 1.16 bits per heavy atom. The molecule has 1 unspecified atom stereocenters. The lowest BCUT2D eigenvalue weighted by atomic mass is 9.86. The number of rotatable bonds is 2. The summed E-state index contributed by atoms with van der Waals surface area (Å²) in [6.45, 7) is 3.81. The van der Waals surface area contributed by atoms with Gasteiger partial charge in [0.15, 0.2) is 0 Å². The molecule has 3 aromatic rings. The molecule has 0 saturated heterocycles. The maximum atomic E-state index is 11.9. The van der Waals surface area contributed by atoms with Crippen molar-refractivity contribution in [3.63, 3.8) is 0 Å². The monoisotopic (exact) mass is 337 g/mol. The van der Waals surface area contributed by atoms with Crippen molar-refractivity contribution >= 4 is 10.9 Å². The molecule has 2 aromatic carbocycles. The number of ether oxygens (including phenoxy) is 3. The van der Waals surface area contributed by atoms with Crippen molar-refractivity contribution in [1.29, 1.82) is 0 Å². The number of aromatic nitrogens is 1. The van der Waals surface area contributed by atoms with E-state index in [0.29, 0.717) is 5.75 Å². The molecule has 0 amide bonds. The minimum Gasteiger partial charge on any atom is -0.496 e. The van der Waals surface area contributed by atoms with Gasteiger partial charge in [0.25, 0.3) is 0 Å². The number of hydrogen-bond donors (Lipinski definition) is 1. The van der Waals surface area contributed by atoms with Crippen molar-refractivity contribution < 1.29 is 14.2 Å². The van der Waals surface area contributed by atoms with Gasteiger partial charge in [-0.3, -0.25) is 4.79 Å². The Morgan fingerprint density at radius 3 is 2.68 bits per heavy atom. The average molecular weight is 337 g/mol. The van der Waals surface area contributed by atoms with E-state index in [1.807, 2.05) is 44.2 Å².